The van der Waals surface area contributed by atoms with E-state index >= 15 is 0 Å². The fourth-order valence-electron chi connectivity index (χ4n) is 7.26. The molecule has 210 valence electrons. The molecule has 1 fully saturated rings. The topological polar surface area (TPSA) is 63.8 Å². The first-order valence-corrected chi connectivity index (χ1v) is 14.5. The third-order valence-corrected chi connectivity index (χ3v) is 9.02. The molecule has 7 rings (SSSR count). The number of amides is 1. The number of alkyl halides is 3. The van der Waals surface area contributed by atoms with Gasteiger partial charge in [-0.25, -0.2) is 0 Å². The molecule has 0 saturated heterocycles. The minimum Gasteiger partial charge on any atom is -0.366 e. The first-order valence-electron chi connectivity index (χ1n) is 14.5. The lowest BCUT2D eigenvalue weighted by molar-refractivity contribution is -0.127. The summed E-state index contributed by atoms with van der Waals surface area (Å²) in [6.07, 6.45) is 2.66. The van der Waals surface area contributed by atoms with Gasteiger partial charge in [-0.1, -0.05) is 49.6 Å². The van der Waals surface area contributed by atoms with Crippen LogP contribution in [0.25, 0.3) is 44.3 Å². The minimum atomic E-state index is -4.25. The zero-order chi connectivity index (χ0) is 28.3. The van der Waals surface area contributed by atoms with Crippen LogP contribution in [0.3, 0.4) is 0 Å². The molecule has 1 amide bonds. The van der Waals surface area contributed by atoms with Crippen LogP contribution < -0.4 is 5.73 Å². The van der Waals surface area contributed by atoms with Crippen molar-refractivity contribution in [1.29, 1.82) is 0 Å². The molecule has 4 nitrogen and oxygen atoms in total. The van der Waals surface area contributed by atoms with E-state index in [1.165, 1.54) is 53.1 Å². The first kappa shape index (κ1) is 25.9. The Morgan fingerprint density at radius 1 is 0.951 bits per heavy atom. The predicted molar refractivity (Wildman–Crippen MR) is 157 cm³/mol. The zero-order valence-corrected chi connectivity index (χ0v) is 22.8. The maximum Gasteiger partial charge on any atom is 0.393 e. The first-order chi connectivity index (χ1) is 19.8. The van der Waals surface area contributed by atoms with Gasteiger partial charge in [0, 0.05) is 45.2 Å². The van der Waals surface area contributed by atoms with E-state index in [0.717, 1.165) is 59.9 Å². The molecule has 2 aliphatic rings. The van der Waals surface area contributed by atoms with E-state index in [-0.39, 0.29) is 5.56 Å². The normalized spacial score (nSPS) is 16.1. The number of nitrogens with zero attached hydrogens (tertiary/aromatic N) is 1. The van der Waals surface area contributed by atoms with Gasteiger partial charge in [0.1, 0.15) is 0 Å². The standard InChI is InChI=1S/C34H32F3N3O/c35-34(36,37)19-20-6-4-9-22(16-20)29-18-27-24-10-5-15-40-30-17-23(33(38)41)11-12-26(30)31(21-7-2-1-3-8-21)32(40)25(24)13-14-28(27)39-29/h4,6,9,11-14,16-18,21,39H,1-3,5,7-8,10,15,19H2,(H2,38,41). The van der Waals surface area contributed by atoms with E-state index in [1.54, 1.807) is 12.1 Å². The van der Waals surface area contributed by atoms with Crippen LogP contribution in [-0.4, -0.2) is 21.6 Å². The van der Waals surface area contributed by atoms with Crippen molar-refractivity contribution in [3.05, 3.63) is 82.9 Å². The molecular formula is C34H32F3N3O. The van der Waals surface area contributed by atoms with Crippen LogP contribution in [0.1, 0.15) is 71.5 Å². The molecule has 2 aromatic heterocycles. The van der Waals surface area contributed by atoms with Gasteiger partial charge in [-0.3, -0.25) is 4.79 Å². The molecule has 1 saturated carbocycles. The number of hydrogen-bond acceptors (Lipinski definition) is 1. The second-order valence-corrected chi connectivity index (χ2v) is 11.7. The maximum atomic E-state index is 13.1. The molecule has 3 aromatic carbocycles. The number of halogens is 3. The van der Waals surface area contributed by atoms with Gasteiger partial charge in [-0.2, -0.15) is 13.2 Å². The van der Waals surface area contributed by atoms with E-state index in [2.05, 4.69) is 33.8 Å². The molecule has 0 bridgehead atoms. The summed E-state index contributed by atoms with van der Waals surface area (Å²) in [6.45, 7) is 0.841. The fraction of sp³-hybridized carbons (Fsp3) is 0.324. The average molecular weight is 556 g/mol. The maximum absolute atomic E-state index is 13.1. The monoisotopic (exact) mass is 555 g/mol. The van der Waals surface area contributed by atoms with Gasteiger partial charge in [0.15, 0.2) is 0 Å². The van der Waals surface area contributed by atoms with Crippen molar-refractivity contribution in [2.75, 3.05) is 0 Å². The highest BCUT2D eigenvalue weighted by atomic mass is 19.4. The van der Waals surface area contributed by atoms with E-state index in [9.17, 15) is 18.0 Å². The van der Waals surface area contributed by atoms with E-state index in [4.69, 9.17) is 5.73 Å². The molecule has 3 heterocycles. The van der Waals surface area contributed by atoms with Crippen molar-refractivity contribution >= 4 is 27.7 Å². The fourth-order valence-corrected chi connectivity index (χ4v) is 7.26. The zero-order valence-electron chi connectivity index (χ0n) is 22.8. The van der Waals surface area contributed by atoms with Crippen LogP contribution in [-0.2, 0) is 19.4 Å². The summed E-state index contributed by atoms with van der Waals surface area (Å²) in [5.41, 5.74) is 15.2. The molecule has 3 N–H and O–H groups in total. The number of primary amides is 1. The third kappa shape index (κ3) is 4.61. The summed E-state index contributed by atoms with van der Waals surface area (Å²) in [5, 5.41) is 2.32. The van der Waals surface area contributed by atoms with Gasteiger partial charge in [0.25, 0.3) is 0 Å². The molecule has 7 heteroatoms. The Bertz CT molecular complexity index is 1800. The molecule has 0 atom stereocenters. The summed E-state index contributed by atoms with van der Waals surface area (Å²) < 4.78 is 41.6. The predicted octanol–water partition coefficient (Wildman–Crippen LogP) is 8.65. The molecule has 5 aromatic rings. The summed E-state index contributed by atoms with van der Waals surface area (Å²) in [4.78, 5) is 15.6. The van der Waals surface area contributed by atoms with Crippen LogP contribution in [0.15, 0.2) is 60.7 Å². The van der Waals surface area contributed by atoms with E-state index in [0.29, 0.717) is 11.5 Å². The van der Waals surface area contributed by atoms with Gasteiger partial charge in [0.2, 0.25) is 5.91 Å². The number of aromatic nitrogens is 2. The summed E-state index contributed by atoms with van der Waals surface area (Å²) in [6, 6.07) is 19.0. The Kier molecular flexibility index (Phi) is 6.21. The average Bonchev–Trinajstić information content (AvgIpc) is 3.46. The number of rotatable bonds is 4. The quantitative estimate of drug-likeness (QED) is 0.229. The van der Waals surface area contributed by atoms with Crippen LogP contribution in [0.5, 0.6) is 0 Å². The lowest BCUT2D eigenvalue weighted by atomic mass is 9.81. The molecule has 0 radical (unpaired) electrons. The van der Waals surface area contributed by atoms with Crippen molar-refractivity contribution in [2.45, 2.75) is 70.0 Å². The molecule has 1 aliphatic carbocycles. The Morgan fingerprint density at radius 3 is 2.56 bits per heavy atom. The SMILES string of the molecule is NC(=O)c1ccc2c(C3CCCCC3)c3n(c2c1)CCCc1c-3ccc2[nH]c(-c3cccc(CC(F)(F)F)c3)cc12. The van der Waals surface area contributed by atoms with Gasteiger partial charge in [-0.15, -0.1) is 0 Å². The van der Waals surface area contributed by atoms with Crippen LogP contribution in [0.4, 0.5) is 13.2 Å². The number of carbonyl (C=O) groups is 1. The highest BCUT2D eigenvalue weighted by molar-refractivity contribution is 6.02. The minimum absolute atomic E-state index is 0.254. The van der Waals surface area contributed by atoms with Crippen LogP contribution >= 0.6 is 0 Å². The highest BCUT2D eigenvalue weighted by Gasteiger charge is 2.30. The molecule has 0 spiro atoms. The van der Waals surface area contributed by atoms with Gasteiger partial charge in [-0.05, 0) is 84.2 Å². The largest absolute Gasteiger partial charge is 0.393 e. The third-order valence-electron chi connectivity index (χ3n) is 9.02. The van der Waals surface area contributed by atoms with Gasteiger partial charge < -0.3 is 15.3 Å². The highest BCUT2D eigenvalue weighted by Crippen LogP contribution is 2.47. The molecule has 41 heavy (non-hydrogen) atoms. The van der Waals surface area contributed by atoms with Crippen molar-refractivity contribution in [2.24, 2.45) is 5.73 Å². The number of benzene rings is 3. The van der Waals surface area contributed by atoms with E-state index in [1.807, 2.05) is 18.2 Å². The number of nitrogens with two attached hydrogens (primary N) is 1. The molecule has 0 unspecified atom stereocenters. The smallest absolute Gasteiger partial charge is 0.366 e. The Hall–Kier alpha value is -4.00. The van der Waals surface area contributed by atoms with Crippen LogP contribution in [0.2, 0.25) is 0 Å². The van der Waals surface area contributed by atoms with Crippen molar-refractivity contribution < 1.29 is 18.0 Å². The van der Waals surface area contributed by atoms with Crippen molar-refractivity contribution in [1.82, 2.24) is 9.55 Å². The number of hydrogen-bond donors (Lipinski definition) is 2. The summed E-state index contributed by atoms with van der Waals surface area (Å²) in [5.74, 6) is 0.0401. The van der Waals surface area contributed by atoms with E-state index < -0.39 is 18.5 Å². The van der Waals surface area contributed by atoms with Crippen molar-refractivity contribution in [3.8, 4) is 22.5 Å². The lowest BCUT2D eigenvalue weighted by Crippen LogP contribution is -2.11. The Morgan fingerprint density at radius 2 is 1.78 bits per heavy atom. The lowest BCUT2D eigenvalue weighted by Gasteiger charge is -2.24. The molecular weight excluding hydrogens is 523 g/mol. The number of H-pyrrole nitrogens is 1. The Labute approximate surface area is 236 Å². The summed E-state index contributed by atoms with van der Waals surface area (Å²) in [7, 11) is 0. The van der Waals surface area contributed by atoms with Gasteiger partial charge >= 0.3 is 6.18 Å². The number of aromatic amines is 1. The van der Waals surface area contributed by atoms with Crippen LogP contribution in [0, 0.1) is 0 Å². The number of fused-ring (bicyclic) bond motifs is 7. The Balaban J connectivity index is 1.41. The second kappa shape index (κ2) is 9.82. The van der Waals surface area contributed by atoms with Gasteiger partial charge in [0.05, 0.1) is 12.1 Å². The number of aryl methyl sites for hydroxylation is 2. The number of carbonyl (C=O) groups excluding carboxylic acids is 1. The summed E-state index contributed by atoms with van der Waals surface area (Å²) >= 11 is 0. The second-order valence-electron chi connectivity index (χ2n) is 11.7. The van der Waals surface area contributed by atoms with Crippen molar-refractivity contribution in [3.63, 3.8) is 0 Å². The number of nitrogens with one attached hydrogen (secondary N) is 1. The molecule has 1 aliphatic heterocycles.